The summed E-state index contributed by atoms with van der Waals surface area (Å²) < 4.78 is 10.4. The highest BCUT2D eigenvalue weighted by Gasteiger charge is 2.16. The van der Waals surface area contributed by atoms with Crippen LogP contribution in [0.25, 0.3) is 0 Å². The molecule has 0 spiro atoms. The Balaban J connectivity index is 1.65. The molecule has 3 aromatic rings. The molecule has 1 amide bonds. The van der Waals surface area contributed by atoms with E-state index in [2.05, 4.69) is 10.3 Å². The second-order valence-corrected chi connectivity index (χ2v) is 6.75. The lowest BCUT2D eigenvalue weighted by atomic mass is 10.0. The average Bonchev–Trinajstić information content (AvgIpc) is 3.17. The zero-order valence-corrected chi connectivity index (χ0v) is 16.0. The molecular formula is C20H21N3O3S. The van der Waals surface area contributed by atoms with Crippen LogP contribution in [0.5, 0.6) is 11.5 Å². The smallest absolute Gasteiger partial charge is 0.261 e. The Morgan fingerprint density at radius 3 is 2.59 bits per heavy atom. The number of benzene rings is 2. The molecular weight excluding hydrogens is 362 g/mol. The molecule has 0 aliphatic carbocycles. The topological polar surface area (TPSA) is 86.5 Å². The highest BCUT2D eigenvalue weighted by Crippen LogP contribution is 2.24. The van der Waals surface area contributed by atoms with Crippen LogP contribution in [0.4, 0.5) is 5.13 Å². The second-order valence-electron chi connectivity index (χ2n) is 5.89. The number of anilines is 1. The Kier molecular flexibility index (Phi) is 6.05. The summed E-state index contributed by atoms with van der Waals surface area (Å²) in [6, 6.07) is 14.6. The summed E-state index contributed by atoms with van der Waals surface area (Å²) in [5, 5.41) is 5.18. The molecule has 1 aromatic heterocycles. The summed E-state index contributed by atoms with van der Waals surface area (Å²) in [7, 11) is 3.17. The first kappa shape index (κ1) is 18.9. The van der Waals surface area contributed by atoms with E-state index in [4.69, 9.17) is 15.2 Å². The van der Waals surface area contributed by atoms with Gasteiger partial charge < -0.3 is 15.2 Å². The molecule has 2 aromatic carbocycles. The Labute approximate surface area is 162 Å². The van der Waals surface area contributed by atoms with Crippen molar-refractivity contribution in [3.8, 4) is 11.5 Å². The standard InChI is InChI=1S/C20H21N3O3S/c1-25-14-9-7-13(8-10-14)11-16(21)17-12-27-20(22-17)23-19(24)15-5-3-4-6-18(15)26-2/h3-10,12,16H,11,21H2,1-2H3,(H,22,23,24). The van der Waals surface area contributed by atoms with Crippen molar-refractivity contribution in [1.82, 2.24) is 4.98 Å². The lowest BCUT2D eigenvalue weighted by Crippen LogP contribution is -2.15. The maximum absolute atomic E-state index is 12.5. The van der Waals surface area contributed by atoms with Gasteiger partial charge in [0, 0.05) is 5.38 Å². The third-order valence-electron chi connectivity index (χ3n) is 4.09. The van der Waals surface area contributed by atoms with Gasteiger partial charge in [0.25, 0.3) is 5.91 Å². The van der Waals surface area contributed by atoms with E-state index in [0.29, 0.717) is 22.9 Å². The van der Waals surface area contributed by atoms with Crippen molar-refractivity contribution in [3.63, 3.8) is 0 Å². The summed E-state index contributed by atoms with van der Waals surface area (Å²) >= 11 is 1.35. The lowest BCUT2D eigenvalue weighted by Gasteiger charge is -2.10. The van der Waals surface area contributed by atoms with Gasteiger partial charge >= 0.3 is 0 Å². The molecule has 140 valence electrons. The average molecular weight is 383 g/mol. The number of ether oxygens (including phenoxy) is 2. The molecule has 0 bridgehead atoms. The summed E-state index contributed by atoms with van der Waals surface area (Å²) in [6.07, 6.45) is 0.646. The molecule has 27 heavy (non-hydrogen) atoms. The molecule has 1 unspecified atom stereocenters. The Bertz CT molecular complexity index is 909. The van der Waals surface area contributed by atoms with E-state index in [-0.39, 0.29) is 11.9 Å². The Hall–Kier alpha value is -2.90. The molecule has 3 N–H and O–H groups in total. The molecule has 0 saturated carbocycles. The summed E-state index contributed by atoms with van der Waals surface area (Å²) in [5.74, 6) is 1.06. The van der Waals surface area contributed by atoms with Gasteiger partial charge in [-0.15, -0.1) is 11.3 Å². The van der Waals surface area contributed by atoms with E-state index in [9.17, 15) is 4.79 Å². The van der Waals surface area contributed by atoms with Crippen molar-refractivity contribution in [2.75, 3.05) is 19.5 Å². The zero-order valence-electron chi connectivity index (χ0n) is 15.1. The zero-order chi connectivity index (χ0) is 19.2. The molecule has 0 saturated heterocycles. The van der Waals surface area contributed by atoms with Crippen LogP contribution in [0.1, 0.15) is 27.7 Å². The van der Waals surface area contributed by atoms with Gasteiger partial charge in [-0.3, -0.25) is 10.1 Å². The minimum atomic E-state index is -0.267. The maximum atomic E-state index is 12.5. The van der Waals surface area contributed by atoms with Gasteiger partial charge in [0.05, 0.1) is 31.5 Å². The molecule has 1 heterocycles. The summed E-state index contributed by atoms with van der Waals surface area (Å²) in [4.78, 5) is 16.9. The van der Waals surface area contributed by atoms with Gasteiger partial charge in [0.15, 0.2) is 5.13 Å². The van der Waals surface area contributed by atoms with E-state index < -0.39 is 0 Å². The number of rotatable bonds is 7. The van der Waals surface area contributed by atoms with Crippen molar-refractivity contribution < 1.29 is 14.3 Å². The monoisotopic (exact) mass is 383 g/mol. The predicted octanol–water partition coefficient (Wildman–Crippen LogP) is 3.66. The van der Waals surface area contributed by atoms with Crippen LogP contribution < -0.4 is 20.5 Å². The number of nitrogens with zero attached hydrogens (tertiary/aromatic N) is 1. The van der Waals surface area contributed by atoms with Crippen molar-refractivity contribution in [3.05, 3.63) is 70.7 Å². The molecule has 6 nitrogen and oxygen atoms in total. The summed E-state index contributed by atoms with van der Waals surface area (Å²) in [5.41, 5.74) is 8.57. The first-order valence-corrected chi connectivity index (χ1v) is 9.27. The first-order valence-electron chi connectivity index (χ1n) is 8.39. The molecule has 0 aliphatic rings. The molecule has 0 radical (unpaired) electrons. The number of carbonyl (C=O) groups excluding carboxylic acids is 1. The van der Waals surface area contributed by atoms with Crippen LogP contribution in [0, 0.1) is 0 Å². The van der Waals surface area contributed by atoms with Crippen LogP contribution in [-0.2, 0) is 6.42 Å². The van der Waals surface area contributed by atoms with Crippen LogP contribution in [0.2, 0.25) is 0 Å². The van der Waals surface area contributed by atoms with Gasteiger partial charge in [0.2, 0.25) is 0 Å². The fourth-order valence-corrected chi connectivity index (χ4v) is 3.40. The molecule has 1 atom stereocenters. The molecule has 7 heteroatoms. The number of thiazole rings is 1. The van der Waals surface area contributed by atoms with Crippen LogP contribution in [0.15, 0.2) is 53.9 Å². The van der Waals surface area contributed by atoms with E-state index in [1.54, 1.807) is 25.3 Å². The number of amides is 1. The third kappa shape index (κ3) is 4.64. The van der Waals surface area contributed by atoms with Crippen LogP contribution in [0.3, 0.4) is 0 Å². The van der Waals surface area contributed by atoms with Crippen molar-refractivity contribution in [2.24, 2.45) is 5.73 Å². The van der Waals surface area contributed by atoms with E-state index in [0.717, 1.165) is 17.0 Å². The van der Waals surface area contributed by atoms with Gasteiger partial charge in [-0.2, -0.15) is 0 Å². The first-order chi connectivity index (χ1) is 13.1. The SMILES string of the molecule is COc1ccc(CC(N)c2csc(NC(=O)c3ccccc3OC)n2)cc1. The van der Waals surface area contributed by atoms with Gasteiger partial charge in [0.1, 0.15) is 11.5 Å². The highest BCUT2D eigenvalue weighted by atomic mass is 32.1. The van der Waals surface area contributed by atoms with Crippen LogP contribution >= 0.6 is 11.3 Å². The number of hydrogen-bond acceptors (Lipinski definition) is 6. The maximum Gasteiger partial charge on any atom is 0.261 e. The minimum Gasteiger partial charge on any atom is -0.497 e. The highest BCUT2D eigenvalue weighted by molar-refractivity contribution is 7.14. The van der Waals surface area contributed by atoms with Gasteiger partial charge in [-0.05, 0) is 36.2 Å². The Morgan fingerprint density at radius 2 is 1.89 bits per heavy atom. The predicted molar refractivity (Wildman–Crippen MR) is 107 cm³/mol. The van der Waals surface area contributed by atoms with E-state index in [1.807, 2.05) is 35.7 Å². The molecule has 0 fully saturated rings. The number of nitrogens with two attached hydrogens (primary N) is 1. The number of methoxy groups -OCH3 is 2. The molecule has 0 aliphatic heterocycles. The third-order valence-corrected chi connectivity index (χ3v) is 4.86. The van der Waals surface area contributed by atoms with Crippen molar-refractivity contribution >= 4 is 22.4 Å². The number of hydrogen-bond donors (Lipinski definition) is 2. The number of para-hydroxylation sites is 1. The minimum absolute atomic E-state index is 0.258. The lowest BCUT2D eigenvalue weighted by molar-refractivity contribution is 0.102. The van der Waals surface area contributed by atoms with Gasteiger partial charge in [-0.25, -0.2) is 4.98 Å². The van der Waals surface area contributed by atoms with E-state index >= 15 is 0 Å². The normalized spacial score (nSPS) is 11.7. The van der Waals surface area contributed by atoms with Gasteiger partial charge in [-0.1, -0.05) is 24.3 Å². The number of aromatic nitrogens is 1. The Morgan fingerprint density at radius 1 is 1.15 bits per heavy atom. The van der Waals surface area contributed by atoms with Crippen LogP contribution in [-0.4, -0.2) is 25.1 Å². The quantitative estimate of drug-likeness (QED) is 0.650. The fourth-order valence-electron chi connectivity index (χ4n) is 2.63. The summed E-state index contributed by atoms with van der Waals surface area (Å²) in [6.45, 7) is 0. The van der Waals surface area contributed by atoms with Crippen molar-refractivity contribution in [2.45, 2.75) is 12.5 Å². The van der Waals surface area contributed by atoms with Crippen molar-refractivity contribution in [1.29, 1.82) is 0 Å². The second kappa shape index (κ2) is 8.66. The fraction of sp³-hybridized carbons (Fsp3) is 0.200. The number of carbonyl (C=O) groups is 1. The van der Waals surface area contributed by atoms with E-state index in [1.165, 1.54) is 18.4 Å². The number of nitrogens with one attached hydrogen (secondary N) is 1. The largest absolute Gasteiger partial charge is 0.497 e. The molecule has 3 rings (SSSR count).